The number of guanidine groups is 1. The topological polar surface area (TPSA) is 62.6 Å². The number of benzene rings is 1. The van der Waals surface area contributed by atoms with Crippen molar-refractivity contribution in [2.24, 2.45) is 4.99 Å². The van der Waals surface area contributed by atoms with Crippen molar-refractivity contribution < 1.29 is 4.74 Å². The molecule has 1 aromatic heterocycles. The van der Waals surface area contributed by atoms with E-state index in [0.717, 1.165) is 37.8 Å². The summed E-state index contributed by atoms with van der Waals surface area (Å²) in [5.41, 5.74) is 2.31. The molecule has 3 N–H and O–H groups in total. The number of aliphatic imine (C=N–C) groups is 1. The summed E-state index contributed by atoms with van der Waals surface area (Å²) in [6, 6.07) is 12.4. The number of nitrogens with zero attached hydrogens (tertiary/aromatic N) is 2. The first-order chi connectivity index (χ1) is 11.8. The predicted molar refractivity (Wildman–Crippen MR) is 115 cm³/mol. The monoisotopic (exact) mass is 457 g/mol. The second-order valence-electron chi connectivity index (χ2n) is 5.39. The highest BCUT2D eigenvalue weighted by molar-refractivity contribution is 14.0. The first kappa shape index (κ1) is 21.3. The molecule has 0 unspecified atom stereocenters. The van der Waals surface area contributed by atoms with Gasteiger partial charge in [0.05, 0.1) is 6.61 Å². The average Bonchev–Trinajstić information content (AvgIpc) is 3.13. The number of hydrogen-bond donors (Lipinski definition) is 3. The molecule has 1 heterocycles. The molecule has 0 aliphatic carbocycles. The molecule has 0 saturated carbocycles. The molecule has 7 heteroatoms. The van der Waals surface area contributed by atoms with Crippen LogP contribution in [0.5, 0.6) is 0 Å². The molecule has 2 aromatic rings. The second kappa shape index (κ2) is 12.6. The van der Waals surface area contributed by atoms with Gasteiger partial charge in [0.25, 0.3) is 0 Å². The Hall–Kier alpha value is -1.74. The Kier molecular flexibility index (Phi) is 10.7. The Balaban J connectivity index is 0.00000312. The van der Waals surface area contributed by atoms with E-state index >= 15 is 0 Å². The van der Waals surface area contributed by atoms with Crippen molar-refractivity contribution in [2.75, 3.05) is 39.2 Å². The highest BCUT2D eigenvalue weighted by Crippen LogP contribution is 2.08. The van der Waals surface area contributed by atoms with Crippen LogP contribution in [0.3, 0.4) is 0 Å². The number of aromatic nitrogens is 1. The minimum Gasteiger partial charge on any atom is -0.383 e. The van der Waals surface area contributed by atoms with Crippen molar-refractivity contribution in [3.63, 3.8) is 0 Å². The van der Waals surface area contributed by atoms with E-state index in [2.05, 4.69) is 62.2 Å². The molecular weight excluding hydrogens is 429 g/mol. The van der Waals surface area contributed by atoms with Crippen LogP contribution < -0.4 is 16.0 Å². The Morgan fingerprint density at radius 1 is 1.08 bits per heavy atom. The van der Waals surface area contributed by atoms with Crippen molar-refractivity contribution in [1.82, 2.24) is 15.2 Å². The van der Waals surface area contributed by atoms with Gasteiger partial charge in [-0.25, -0.2) is 0 Å². The molecule has 0 aliphatic heterocycles. The first-order valence-electron chi connectivity index (χ1n) is 8.19. The summed E-state index contributed by atoms with van der Waals surface area (Å²) in [6.45, 7) is 3.99. The second-order valence-corrected chi connectivity index (χ2v) is 5.39. The lowest BCUT2D eigenvalue weighted by molar-refractivity contribution is 0.211. The summed E-state index contributed by atoms with van der Waals surface area (Å²) in [7, 11) is 3.49. The zero-order valence-electron chi connectivity index (χ0n) is 14.9. The summed E-state index contributed by atoms with van der Waals surface area (Å²) in [4.78, 5) is 4.25. The maximum Gasteiger partial charge on any atom is 0.191 e. The fraction of sp³-hybridized carbons (Fsp3) is 0.389. The van der Waals surface area contributed by atoms with Gasteiger partial charge in [-0.2, -0.15) is 0 Å². The molecule has 0 bridgehead atoms. The summed E-state index contributed by atoms with van der Waals surface area (Å²) in [5, 5.41) is 9.95. The SMILES string of the molecule is CN=C(NCCn1cccc1)NCc1ccc(NCCOC)cc1.I. The number of halogens is 1. The number of anilines is 1. The number of ether oxygens (including phenoxy) is 1. The largest absolute Gasteiger partial charge is 0.383 e. The van der Waals surface area contributed by atoms with E-state index in [4.69, 9.17) is 4.74 Å². The maximum atomic E-state index is 5.03. The lowest BCUT2D eigenvalue weighted by Gasteiger charge is -2.13. The van der Waals surface area contributed by atoms with Crippen LogP contribution in [0.25, 0.3) is 0 Å². The highest BCUT2D eigenvalue weighted by Gasteiger charge is 1.99. The van der Waals surface area contributed by atoms with Crippen molar-refractivity contribution in [1.29, 1.82) is 0 Å². The minimum absolute atomic E-state index is 0. The zero-order valence-corrected chi connectivity index (χ0v) is 17.2. The van der Waals surface area contributed by atoms with Crippen molar-refractivity contribution in [3.05, 3.63) is 54.4 Å². The van der Waals surface area contributed by atoms with E-state index in [1.54, 1.807) is 14.2 Å². The number of hydrogen-bond acceptors (Lipinski definition) is 3. The van der Waals surface area contributed by atoms with E-state index in [9.17, 15) is 0 Å². The van der Waals surface area contributed by atoms with Crippen LogP contribution in [0, 0.1) is 0 Å². The van der Waals surface area contributed by atoms with Crippen LogP contribution in [0.1, 0.15) is 5.56 Å². The van der Waals surface area contributed by atoms with Gasteiger partial charge in [0.15, 0.2) is 5.96 Å². The van der Waals surface area contributed by atoms with E-state index in [0.29, 0.717) is 6.61 Å². The molecule has 2 rings (SSSR count). The molecule has 0 saturated heterocycles. The fourth-order valence-corrected chi connectivity index (χ4v) is 2.27. The maximum absolute atomic E-state index is 5.03. The lowest BCUT2D eigenvalue weighted by Crippen LogP contribution is -2.38. The van der Waals surface area contributed by atoms with Crippen LogP contribution >= 0.6 is 24.0 Å². The Bertz CT molecular complexity index is 598. The van der Waals surface area contributed by atoms with E-state index in [1.165, 1.54) is 5.56 Å². The zero-order chi connectivity index (χ0) is 17.0. The van der Waals surface area contributed by atoms with Crippen LogP contribution in [-0.4, -0.2) is 44.4 Å². The molecule has 0 aliphatic rings. The number of nitrogens with one attached hydrogen (secondary N) is 3. The Labute approximate surface area is 167 Å². The number of rotatable bonds is 9. The molecule has 0 amide bonds. The third-order valence-corrected chi connectivity index (χ3v) is 3.60. The lowest BCUT2D eigenvalue weighted by atomic mass is 10.2. The minimum atomic E-state index is 0. The molecule has 0 radical (unpaired) electrons. The van der Waals surface area contributed by atoms with E-state index in [1.807, 2.05) is 12.1 Å². The Morgan fingerprint density at radius 2 is 1.80 bits per heavy atom. The van der Waals surface area contributed by atoms with Crippen LogP contribution in [0.15, 0.2) is 53.8 Å². The smallest absolute Gasteiger partial charge is 0.191 e. The summed E-state index contributed by atoms with van der Waals surface area (Å²) in [5.74, 6) is 0.810. The van der Waals surface area contributed by atoms with Crippen LogP contribution in [-0.2, 0) is 17.8 Å². The van der Waals surface area contributed by atoms with Crippen LogP contribution in [0.2, 0.25) is 0 Å². The quantitative estimate of drug-likeness (QED) is 0.235. The molecule has 0 spiro atoms. The predicted octanol–water partition coefficient (Wildman–Crippen LogP) is 2.53. The fourth-order valence-electron chi connectivity index (χ4n) is 2.27. The van der Waals surface area contributed by atoms with Gasteiger partial charge in [-0.15, -0.1) is 24.0 Å². The molecular formula is C18H28IN5O. The van der Waals surface area contributed by atoms with Gasteiger partial charge in [0, 0.05) is 58.4 Å². The molecule has 6 nitrogen and oxygen atoms in total. The van der Waals surface area contributed by atoms with Gasteiger partial charge in [-0.05, 0) is 29.8 Å². The highest BCUT2D eigenvalue weighted by atomic mass is 127. The molecule has 0 atom stereocenters. The van der Waals surface area contributed by atoms with E-state index in [-0.39, 0.29) is 24.0 Å². The third kappa shape index (κ3) is 8.26. The molecule has 25 heavy (non-hydrogen) atoms. The summed E-state index contributed by atoms with van der Waals surface area (Å²) in [6.07, 6.45) is 4.11. The van der Waals surface area contributed by atoms with Gasteiger partial charge in [0.1, 0.15) is 0 Å². The van der Waals surface area contributed by atoms with Gasteiger partial charge in [-0.3, -0.25) is 4.99 Å². The standard InChI is InChI=1S/C18H27N5O.HI/c1-19-18(21-9-13-23-11-3-4-12-23)22-15-16-5-7-17(8-6-16)20-10-14-24-2;/h3-8,11-12,20H,9-10,13-15H2,1-2H3,(H2,19,21,22);1H. The first-order valence-corrected chi connectivity index (χ1v) is 8.19. The average molecular weight is 457 g/mol. The van der Waals surface area contributed by atoms with E-state index < -0.39 is 0 Å². The van der Waals surface area contributed by atoms with Crippen LogP contribution in [0.4, 0.5) is 5.69 Å². The summed E-state index contributed by atoms with van der Waals surface area (Å²) >= 11 is 0. The molecule has 138 valence electrons. The van der Waals surface area contributed by atoms with Gasteiger partial charge in [0.2, 0.25) is 0 Å². The molecule has 1 aromatic carbocycles. The van der Waals surface area contributed by atoms with Crippen molar-refractivity contribution >= 4 is 35.6 Å². The van der Waals surface area contributed by atoms with Gasteiger partial charge >= 0.3 is 0 Å². The summed E-state index contributed by atoms with van der Waals surface area (Å²) < 4.78 is 7.16. The Morgan fingerprint density at radius 3 is 2.44 bits per heavy atom. The third-order valence-electron chi connectivity index (χ3n) is 3.60. The van der Waals surface area contributed by atoms with Gasteiger partial charge < -0.3 is 25.3 Å². The number of methoxy groups -OCH3 is 1. The normalized spacial score (nSPS) is 10.9. The van der Waals surface area contributed by atoms with Crippen molar-refractivity contribution in [2.45, 2.75) is 13.1 Å². The molecule has 0 fully saturated rings. The van der Waals surface area contributed by atoms with Crippen molar-refractivity contribution in [3.8, 4) is 0 Å². The van der Waals surface area contributed by atoms with Gasteiger partial charge in [-0.1, -0.05) is 12.1 Å².